The first-order chi connectivity index (χ1) is 15.5. The summed E-state index contributed by atoms with van der Waals surface area (Å²) >= 11 is 0. The number of carbonyl (C=O) groups excluding carboxylic acids is 2. The van der Waals surface area contributed by atoms with Crippen LogP contribution >= 0.6 is 0 Å². The molecule has 7 nitrogen and oxygen atoms in total. The molecule has 0 amide bonds. The van der Waals surface area contributed by atoms with Gasteiger partial charge in [-0.25, -0.2) is 4.79 Å². The molecule has 1 aliphatic heterocycles. The fraction of sp³-hybridized carbons (Fsp3) is 0.538. The summed E-state index contributed by atoms with van der Waals surface area (Å²) in [6.07, 6.45) is 1.10. The summed E-state index contributed by atoms with van der Waals surface area (Å²) in [7, 11) is 4.66. The van der Waals surface area contributed by atoms with Crippen LogP contribution in [0.2, 0.25) is 0 Å². The number of hydrogen-bond donors (Lipinski definition) is 1. The van der Waals surface area contributed by atoms with Crippen LogP contribution < -0.4 is 19.5 Å². The van der Waals surface area contributed by atoms with Crippen LogP contribution in [0, 0.1) is 11.3 Å². The molecule has 3 rings (SSSR count). The van der Waals surface area contributed by atoms with Gasteiger partial charge in [0.2, 0.25) is 0 Å². The summed E-state index contributed by atoms with van der Waals surface area (Å²) in [4.78, 5) is 26.8. The summed E-state index contributed by atoms with van der Waals surface area (Å²) in [6.45, 7) is 10.3. The van der Waals surface area contributed by atoms with E-state index in [1.165, 1.54) is 0 Å². The van der Waals surface area contributed by atoms with Gasteiger partial charge in [0, 0.05) is 35.0 Å². The van der Waals surface area contributed by atoms with Gasteiger partial charge in [0.25, 0.3) is 0 Å². The first-order valence-electron chi connectivity index (χ1n) is 11.2. The fourth-order valence-electron chi connectivity index (χ4n) is 4.62. The molecular formula is C26H35NO6. The zero-order valence-electron chi connectivity index (χ0n) is 20.9. The lowest BCUT2D eigenvalue weighted by molar-refractivity contribution is -0.140. The highest BCUT2D eigenvalue weighted by Gasteiger charge is 2.44. The van der Waals surface area contributed by atoms with Crippen molar-refractivity contribution in [2.45, 2.75) is 53.4 Å². The molecule has 0 saturated carbocycles. The maximum absolute atomic E-state index is 13.5. The van der Waals surface area contributed by atoms with Crippen molar-refractivity contribution < 1.29 is 28.5 Å². The van der Waals surface area contributed by atoms with Gasteiger partial charge in [-0.3, -0.25) is 4.79 Å². The molecule has 1 heterocycles. The van der Waals surface area contributed by atoms with E-state index in [4.69, 9.17) is 18.9 Å². The number of esters is 1. The van der Waals surface area contributed by atoms with Crippen LogP contribution in [0.1, 0.15) is 58.9 Å². The Morgan fingerprint density at radius 3 is 2.24 bits per heavy atom. The third-order valence-electron chi connectivity index (χ3n) is 6.05. The van der Waals surface area contributed by atoms with E-state index in [1.54, 1.807) is 33.5 Å². The number of ketones is 1. The average molecular weight is 458 g/mol. The Hall–Kier alpha value is -2.96. The number of rotatable bonds is 7. The van der Waals surface area contributed by atoms with Crippen molar-refractivity contribution in [3.8, 4) is 17.2 Å². The van der Waals surface area contributed by atoms with E-state index in [0.29, 0.717) is 52.5 Å². The van der Waals surface area contributed by atoms with Crippen molar-refractivity contribution in [3.05, 3.63) is 40.2 Å². The number of Topliss-reactive ketones (excluding diaryl/α,β-unsaturated/α-hetero) is 1. The SMILES string of the molecule is COc1cc(OC)c([C@H]2C(C(=O)OCC(C)C)=C(C)NC3=C2C(=O)CC(C)(C)C3)cc1OC. The Labute approximate surface area is 196 Å². The lowest BCUT2D eigenvalue weighted by Crippen LogP contribution is -2.39. The molecule has 1 atom stereocenters. The highest BCUT2D eigenvalue weighted by atomic mass is 16.5. The lowest BCUT2D eigenvalue weighted by atomic mass is 9.68. The molecule has 180 valence electrons. The second-order valence-corrected chi connectivity index (χ2v) is 9.87. The number of dihydropyridines is 1. The van der Waals surface area contributed by atoms with Crippen LogP contribution in [0.15, 0.2) is 34.7 Å². The fourth-order valence-corrected chi connectivity index (χ4v) is 4.62. The minimum Gasteiger partial charge on any atom is -0.496 e. The first kappa shape index (κ1) is 24.7. The van der Waals surface area contributed by atoms with Gasteiger partial charge in [0.15, 0.2) is 17.3 Å². The summed E-state index contributed by atoms with van der Waals surface area (Å²) in [5.74, 6) is 0.613. The molecule has 2 aliphatic rings. The van der Waals surface area contributed by atoms with Crippen molar-refractivity contribution in [2.75, 3.05) is 27.9 Å². The smallest absolute Gasteiger partial charge is 0.336 e. The van der Waals surface area contributed by atoms with E-state index in [-0.39, 0.29) is 23.7 Å². The highest BCUT2D eigenvalue weighted by Crippen LogP contribution is 2.50. The van der Waals surface area contributed by atoms with E-state index in [2.05, 4.69) is 19.2 Å². The van der Waals surface area contributed by atoms with Gasteiger partial charge in [-0.15, -0.1) is 0 Å². The number of hydrogen-bond acceptors (Lipinski definition) is 7. The van der Waals surface area contributed by atoms with E-state index in [0.717, 1.165) is 5.70 Å². The number of carbonyl (C=O) groups is 2. The van der Waals surface area contributed by atoms with Crippen LogP contribution in [-0.2, 0) is 14.3 Å². The van der Waals surface area contributed by atoms with Gasteiger partial charge in [0.05, 0.1) is 39.4 Å². The molecule has 1 aliphatic carbocycles. The van der Waals surface area contributed by atoms with Gasteiger partial charge in [-0.2, -0.15) is 0 Å². The third-order valence-corrected chi connectivity index (χ3v) is 6.05. The molecule has 0 spiro atoms. The summed E-state index contributed by atoms with van der Waals surface area (Å²) in [5.41, 5.74) is 3.00. The van der Waals surface area contributed by atoms with Gasteiger partial charge in [0.1, 0.15) is 5.75 Å². The molecule has 33 heavy (non-hydrogen) atoms. The maximum Gasteiger partial charge on any atom is 0.336 e. The van der Waals surface area contributed by atoms with E-state index < -0.39 is 11.9 Å². The molecule has 0 radical (unpaired) electrons. The molecule has 1 N–H and O–H groups in total. The monoisotopic (exact) mass is 457 g/mol. The van der Waals surface area contributed by atoms with Gasteiger partial charge >= 0.3 is 5.97 Å². The number of benzene rings is 1. The normalized spacial score (nSPS) is 19.8. The predicted molar refractivity (Wildman–Crippen MR) is 126 cm³/mol. The van der Waals surface area contributed by atoms with E-state index >= 15 is 0 Å². The molecule has 7 heteroatoms. The summed E-state index contributed by atoms with van der Waals surface area (Å²) < 4.78 is 22.3. The Balaban J connectivity index is 2.25. The topological polar surface area (TPSA) is 83.1 Å². The summed E-state index contributed by atoms with van der Waals surface area (Å²) in [5, 5.41) is 3.35. The molecule has 1 aromatic rings. The Morgan fingerprint density at radius 1 is 1.06 bits per heavy atom. The predicted octanol–water partition coefficient (Wildman–Crippen LogP) is 4.52. The van der Waals surface area contributed by atoms with Gasteiger partial charge in [-0.05, 0) is 30.7 Å². The third kappa shape index (κ3) is 4.87. The van der Waals surface area contributed by atoms with Crippen molar-refractivity contribution in [1.29, 1.82) is 0 Å². The molecular weight excluding hydrogens is 422 g/mol. The lowest BCUT2D eigenvalue weighted by Gasteiger charge is -2.39. The Kier molecular flexibility index (Phi) is 7.10. The van der Waals surface area contributed by atoms with Crippen LogP contribution in [0.5, 0.6) is 17.2 Å². The largest absolute Gasteiger partial charge is 0.496 e. The van der Waals surface area contributed by atoms with Crippen molar-refractivity contribution in [2.24, 2.45) is 11.3 Å². The van der Waals surface area contributed by atoms with Crippen LogP contribution in [0.3, 0.4) is 0 Å². The van der Waals surface area contributed by atoms with Crippen molar-refractivity contribution >= 4 is 11.8 Å². The van der Waals surface area contributed by atoms with Crippen LogP contribution in [0.4, 0.5) is 0 Å². The highest BCUT2D eigenvalue weighted by molar-refractivity contribution is 6.04. The number of ether oxygens (including phenoxy) is 4. The molecule has 0 fully saturated rings. The van der Waals surface area contributed by atoms with Gasteiger partial charge in [-0.1, -0.05) is 27.7 Å². The van der Waals surface area contributed by atoms with Crippen LogP contribution in [0.25, 0.3) is 0 Å². The van der Waals surface area contributed by atoms with Crippen LogP contribution in [-0.4, -0.2) is 39.7 Å². The summed E-state index contributed by atoms with van der Waals surface area (Å²) in [6, 6.07) is 3.51. The van der Waals surface area contributed by atoms with E-state index in [9.17, 15) is 9.59 Å². The molecule has 0 saturated heterocycles. The van der Waals surface area contributed by atoms with Crippen molar-refractivity contribution in [3.63, 3.8) is 0 Å². The minimum absolute atomic E-state index is 0.0113. The first-order valence-corrected chi connectivity index (χ1v) is 11.2. The molecule has 1 aromatic carbocycles. The number of nitrogens with one attached hydrogen (secondary N) is 1. The van der Waals surface area contributed by atoms with Gasteiger partial charge < -0.3 is 24.3 Å². The Morgan fingerprint density at radius 2 is 1.67 bits per heavy atom. The molecule has 0 aromatic heterocycles. The molecule has 0 unspecified atom stereocenters. The van der Waals surface area contributed by atoms with Crippen molar-refractivity contribution in [1.82, 2.24) is 5.32 Å². The second-order valence-electron chi connectivity index (χ2n) is 9.87. The second kappa shape index (κ2) is 9.49. The quantitative estimate of drug-likeness (QED) is 0.603. The number of methoxy groups -OCH3 is 3. The standard InChI is InChI=1S/C26H35NO6/c1-14(2)13-33-25(29)22-15(3)27-17-11-26(4,5)12-18(28)24(17)23(22)16-9-20(31-7)21(32-8)10-19(16)30-6/h9-10,14,23,27H,11-13H2,1-8H3/t23-/m0/s1. The number of allylic oxidation sites excluding steroid dienone is 3. The zero-order chi connectivity index (χ0) is 24.5. The van der Waals surface area contributed by atoms with E-state index in [1.807, 2.05) is 20.8 Å². The maximum atomic E-state index is 13.5. The average Bonchev–Trinajstić information content (AvgIpc) is 2.74. The molecule has 0 bridgehead atoms. The zero-order valence-corrected chi connectivity index (χ0v) is 20.9. The Bertz CT molecular complexity index is 1020. The minimum atomic E-state index is -0.640.